The van der Waals surface area contributed by atoms with Gasteiger partial charge in [0.05, 0.1) is 13.1 Å². The van der Waals surface area contributed by atoms with E-state index in [1.165, 1.54) is 0 Å². The molecule has 2 aliphatic rings. The average molecular weight is 279 g/mol. The predicted octanol–water partition coefficient (Wildman–Crippen LogP) is -0.941. The maximum absolute atomic E-state index is 12.2. The van der Waals surface area contributed by atoms with Crippen LogP contribution in [0.5, 0.6) is 0 Å². The molecule has 2 fully saturated rings. The van der Waals surface area contributed by atoms with E-state index in [0.29, 0.717) is 39.3 Å². The number of amides is 2. The third kappa shape index (κ3) is 3.71. The Hall–Kier alpha value is -1.58. The Morgan fingerprint density at radius 3 is 2.55 bits per heavy atom. The lowest BCUT2D eigenvalue weighted by Crippen LogP contribution is -2.54. The van der Waals surface area contributed by atoms with E-state index in [2.05, 4.69) is 11.2 Å². The number of carbonyl (C=O) groups excluding carboxylic acids is 2. The van der Waals surface area contributed by atoms with Gasteiger partial charge in [-0.25, -0.2) is 0 Å². The highest BCUT2D eigenvalue weighted by atomic mass is 16.5. The van der Waals surface area contributed by atoms with E-state index in [0.717, 1.165) is 12.8 Å². The smallest absolute Gasteiger partial charge is 0.251 e. The molecule has 0 aromatic rings. The summed E-state index contributed by atoms with van der Waals surface area (Å²) in [5, 5.41) is 2.88. The van der Waals surface area contributed by atoms with Gasteiger partial charge >= 0.3 is 0 Å². The van der Waals surface area contributed by atoms with Gasteiger partial charge in [0, 0.05) is 32.8 Å². The van der Waals surface area contributed by atoms with Crippen LogP contribution in [0, 0.1) is 12.3 Å². The van der Waals surface area contributed by atoms with Gasteiger partial charge in [0.2, 0.25) is 5.91 Å². The standard InChI is InChI=1S/C14H21N3O3/c1-2-5-15-11-13(18)16-6-8-17(9-7-16)14(19)12-4-3-10-20-12/h1,12,15H,3-11H2. The summed E-state index contributed by atoms with van der Waals surface area (Å²) < 4.78 is 5.41. The van der Waals surface area contributed by atoms with Crippen LogP contribution in [0.2, 0.25) is 0 Å². The van der Waals surface area contributed by atoms with Gasteiger partial charge in [-0.05, 0) is 12.8 Å². The lowest BCUT2D eigenvalue weighted by atomic mass is 10.2. The molecule has 0 aromatic carbocycles. The fourth-order valence-electron chi connectivity index (χ4n) is 2.51. The molecule has 0 saturated carbocycles. The number of nitrogens with zero attached hydrogens (tertiary/aromatic N) is 2. The van der Waals surface area contributed by atoms with Gasteiger partial charge in [0.1, 0.15) is 6.10 Å². The molecular weight excluding hydrogens is 258 g/mol. The van der Waals surface area contributed by atoms with Crippen molar-refractivity contribution in [3.8, 4) is 12.3 Å². The maximum Gasteiger partial charge on any atom is 0.251 e. The maximum atomic E-state index is 12.2. The topological polar surface area (TPSA) is 61.9 Å². The number of ether oxygens (including phenoxy) is 1. The largest absolute Gasteiger partial charge is 0.368 e. The molecule has 2 saturated heterocycles. The lowest BCUT2D eigenvalue weighted by Gasteiger charge is -2.35. The minimum atomic E-state index is -0.269. The summed E-state index contributed by atoms with van der Waals surface area (Å²) in [6.45, 7) is 3.64. The van der Waals surface area contributed by atoms with Crippen molar-refractivity contribution in [3.05, 3.63) is 0 Å². The zero-order valence-corrected chi connectivity index (χ0v) is 11.6. The SMILES string of the molecule is C#CCNCC(=O)N1CCN(C(=O)C2CCCO2)CC1. The van der Waals surface area contributed by atoms with Crippen LogP contribution in [0.1, 0.15) is 12.8 Å². The number of hydrogen-bond acceptors (Lipinski definition) is 4. The molecule has 0 spiro atoms. The Morgan fingerprint density at radius 1 is 1.25 bits per heavy atom. The zero-order valence-electron chi connectivity index (χ0n) is 11.6. The van der Waals surface area contributed by atoms with Crippen molar-refractivity contribution in [2.24, 2.45) is 0 Å². The summed E-state index contributed by atoms with van der Waals surface area (Å²) in [7, 11) is 0. The van der Waals surface area contributed by atoms with E-state index in [4.69, 9.17) is 11.2 Å². The molecule has 1 N–H and O–H groups in total. The molecule has 1 unspecified atom stereocenters. The highest BCUT2D eigenvalue weighted by Gasteiger charge is 2.31. The van der Waals surface area contributed by atoms with Crippen molar-refractivity contribution in [2.75, 3.05) is 45.9 Å². The summed E-state index contributed by atoms with van der Waals surface area (Å²) in [4.78, 5) is 27.6. The van der Waals surface area contributed by atoms with Crippen LogP contribution < -0.4 is 5.32 Å². The second-order valence-corrected chi connectivity index (χ2v) is 5.02. The molecule has 6 nitrogen and oxygen atoms in total. The van der Waals surface area contributed by atoms with E-state index >= 15 is 0 Å². The number of piperazine rings is 1. The Kier molecular flexibility index (Phi) is 5.39. The van der Waals surface area contributed by atoms with Gasteiger partial charge in [-0.15, -0.1) is 6.42 Å². The summed E-state index contributed by atoms with van der Waals surface area (Å²) in [6, 6.07) is 0. The monoisotopic (exact) mass is 279 g/mol. The molecule has 20 heavy (non-hydrogen) atoms. The summed E-state index contributed by atoms with van der Waals surface area (Å²) in [5.41, 5.74) is 0. The number of rotatable bonds is 4. The Balaban J connectivity index is 1.73. The first-order chi connectivity index (χ1) is 9.72. The molecule has 2 heterocycles. The van der Waals surface area contributed by atoms with Crippen molar-refractivity contribution >= 4 is 11.8 Å². The number of carbonyl (C=O) groups is 2. The third-order valence-corrected chi connectivity index (χ3v) is 3.65. The highest BCUT2D eigenvalue weighted by Crippen LogP contribution is 2.15. The Labute approximate surface area is 119 Å². The molecule has 0 aliphatic carbocycles. The van der Waals surface area contributed by atoms with E-state index in [9.17, 15) is 9.59 Å². The first-order valence-electron chi connectivity index (χ1n) is 7.04. The van der Waals surface area contributed by atoms with Gasteiger partial charge in [-0.3, -0.25) is 14.9 Å². The fourth-order valence-corrected chi connectivity index (χ4v) is 2.51. The zero-order chi connectivity index (χ0) is 14.4. The van der Waals surface area contributed by atoms with Gasteiger partial charge in [0.25, 0.3) is 5.91 Å². The minimum absolute atomic E-state index is 0.0319. The van der Waals surface area contributed by atoms with Crippen LogP contribution >= 0.6 is 0 Å². The van der Waals surface area contributed by atoms with Gasteiger partial charge in [-0.1, -0.05) is 5.92 Å². The fraction of sp³-hybridized carbons (Fsp3) is 0.714. The van der Waals surface area contributed by atoms with Crippen molar-refractivity contribution < 1.29 is 14.3 Å². The van der Waals surface area contributed by atoms with Gasteiger partial charge < -0.3 is 14.5 Å². The van der Waals surface area contributed by atoms with E-state index in [1.807, 2.05) is 0 Å². The molecule has 110 valence electrons. The van der Waals surface area contributed by atoms with Crippen molar-refractivity contribution in [3.63, 3.8) is 0 Å². The van der Waals surface area contributed by atoms with Crippen LogP contribution in [0.3, 0.4) is 0 Å². The molecule has 2 amide bonds. The summed E-state index contributed by atoms with van der Waals surface area (Å²) in [5.74, 6) is 2.53. The van der Waals surface area contributed by atoms with E-state index in [-0.39, 0.29) is 24.5 Å². The highest BCUT2D eigenvalue weighted by molar-refractivity contribution is 5.82. The average Bonchev–Trinajstić information content (AvgIpc) is 3.01. The number of terminal acetylenes is 1. The van der Waals surface area contributed by atoms with Crippen molar-refractivity contribution in [1.29, 1.82) is 0 Å². The van der Waals surface area contributed by atoms with E-state index in [1.54, 1.807) is 9.80 Å². The second kappa shape index (κ2) is 7.27. The molecule has 0 bridgehead atoms. The normalized spacial score (nSPS) is 22.6. The number of hydrogen-bond donors (Lipinski definition) is 1. The summed E-state index contributed by atoms with van der Waals surface area (Å²) in [6.07, 6.45) is 6.61. The Bertz CT molecular complexity index is 391. The molecule has 1 atom stereocenters. The molecule has 2 aliphatic heterocycles. The lowest BCUT2D eigenvalue weighted by molar-refractivity contribution is -0.145. The van der Waals surface area contributed by atoms with Crippen molar-refractivity contribution in [1.82, 2.24) is 15.1 Å². The minimum Gasteiger partial charge on any atom is -0.368 e. The van der Waals surface area contributed by atoms with Crippen LogP contribution in [-0.4, -0.2) is 73.6 Å². The van der Waals surface area contributed by atoms with Crippen LogP contribution in [0.25, 0.3) is 0 Å². The van der Waals surface area contributed by atoms with Crippen LogP contribution in [0.4, 0.5) is 0 Å². The van der Waals surface area contributed by atoms with E-state index < -0.39 is 0 Å². The molecule has 6 heteroatoms. The first kappa shape index (κ1) is 14.8. The molecule has 0 radical (unpaired) electrons. The summed E-state index contributed by atoms with van der Waals surface area (Å²) >= 11 is 0. The molecular formula is C14H21N3O3. The van der Waals surface area contributed by atoms with Gasteiger partial charge in [0.15, 0.2) is 0 Å². The predicted molar refractivity (Wildman–Crippen MR) is 73.8 cm³/mol. The van der Waals surface area contributed by atoms with Gasteiger partial charge in [-0.2, -0.15) is 0 Å². The molecule has 0 aromatic heterocycles. The second-order valence-electron chi connectivity index (χ2n) is 5.02. The first-order valence-corrected chi connectivity index (χ1v) is 7.04. The van der Waals surface area contributed by atoms with Crippen molar-refractivity contribution in [2.45, 2.75) is 18.9 Å². The quantitative estimate of drug-likeness (QED) is 0.533. The Morgan fingerprint density at radius 2 is 1.95 bits per heavy atom. The van der Waals surface area contributed by atoms with Crippen LogP contribution in [0.15, 0.2) is 0 Å². The third-order valence-electron chi connectivity index (χ3n) is 3.65. The van der Waals surface area contributed by atoms with Crippen LogP contribution in [-0.2, 0) is 14.3 Å². The molecule has 2 rings (SSSR count). The number of nitrogens with one attached hydrogen (secondary N) is 1.